The standard InChI is InChI=1S/C34H45N5O4.ClH/c1-24(40)36-20-12-11-17-29(33(42)38(3)4)37-32(41)31(23-25-13-7-6-8-14-25)39(5)34(43)30(35-2)22-26-18-19-27-15-9-10-16-28(27)21-26;/h6-10,13-16,18-19,21,29-31,35H,11-12,17,20,22-23H2,1-5H3,(H,36,40)(H,37,41);1H/t29-,30?,31+;/m0./s1. The van der Waals surface area contributed by atoms with Crippen molar-refractivity contribution in [1.82, 2.24) is 25.8 Å². The molecule has 0 aliphatic rings. The number of hydrogen-bond donors (Lipinski definition) is 3. The highest BCUT2D eigenvalue weighted by Gasteiger charge is 2.33. The smallest absolute Gasteiger partial charge is 0.244 e. The lowest BCUT2D eigenvalue weighted by Gasteiger charge is -2.32. The van der Waals surface area contributed by atoms with Crippen molar-refractivity contribution in [3.8, 4) is 0 Å². The molecule has 0 aliphatic carbocycles. The minimum Gasteiger partial charge on any atom is -0.356 e. The first-order valence-corrected chi connectivity index (χ1v) is 14.8. The van der Waals surface area contributed by atoms with E-state index in [1.807, 2.05) is 54.6 Å². The normalized spacial score (nSPS) is 12.8. The van der Waals surface area contributed by atoms with E-state index in [0.717, 1.165) is 21.9 Å². The zero-order valence-electron chi connectivity index (χ0n) is 26.3. The van der Waals surface area contributed by atoms with Gasteiger partial charge in [0.15, 0.2) is 0 Å². The van der Waals surface area contributed by atoms with Crippen molar-refractivity contribution in [2.45, 2.75) is 57.2 Å². The van der Waals surface area contributed by atoms with Gasteiger partial charge < -0.3 is 25.8 Å². The summed E-state index contributed by atoms with van der Waals surface area (Å²) >= 11 is 0. The number of nitrogens with one attached hydrogen (secondary N) is 3. The topological polar surface area (TPSA) is 111 Å². The summed E-state index contributed by atoms with van der Waals surface area (Å²) in [5.41, 5.74) is 1.92. The predicted molar refractivity (Wildman–Crippen MR) is 178 cm³/mol. The van der Waals surface area contributed by atoms with Gasteiger partial charge in [0, 0.05) is 41.0 Å². The van der Waals surface area contributed by atoms with E-state index in [1.165, 1.54) is 16.7 Å². The molecule has 3 aromatic carbocycles. The molecule has 0 bridgehead atoms. The molecule has 238 valence electrons. The SMILES string of the molecule is CNC(Cc1ccc2ccccc2c1)C(=O)N(C)[C@H](Cc1ccccc1)C(=O)N[C@@H](CCCCNC(C)=O)C(=O)N(C)C.Cl. The van der Waals surface area contributed by atoms with Crippen molar-refractivity contribution in [3.63, 3.8) is 0 Å². The first kappa shape index (κ1) is 36.2. The number of halogens is 1. The predicted octanol–water partition coefficient (Wildman–Crippen LogP) is 3.34. The van der Waals surface area contributed by atoms with Crippen molar-refractivity contribution in [2.75, 3.05) is 34.7 Å². The molecular weight excluding hydrogens is 578 g/mol. The molecule has 9 nitrogen and oxygen atoms in total. The van der Waals surface area contributed by atoms with Gasteiger partial charge in [0.2, 0.25) is 23.6 Å². The van der Waals surface area contributed by atoms with Crippen LogP contribution >= 0.6 is 12.4 Å². The Hall–Kier alpha value is -3.95. The Balaban J connectivity index is 0.00000675. The molecule has 0 aromatic heterocycles. The summed E-state index contributed by atoms with van der Waals surface area (Å²) in [5.74, 6) is -0.921. The second kappa shape index (κ2) is 18.0. The van der Waals surface area contributed by atoms with Crippen molar-refractivity contribution >= 4 is 46.8 Å². The number of rotatable bonds is 15. The molecule has 3 N–H and O–H groups in total. The summed E-state index contributed by atoms with van der Waals surface area (Å²) in [5, 5.41) is 11.1. The van der Waals surface area contributed by atoms with Gasteiger partial charge in [-0.3, -0.25) is 19.2 Å². The highest BCUT2D eigenvalue weighted by molar-refractivity contribution is 5.93. The van der Waals surface area contributed by atoms with Gasteiger partial charge in [-0.15, -0.1) is 12.4 Å². The molecule has 10 heteroatoms. The van der Waals surface area contributed by atoms with Crippen molar-refractivity contribution < 1.29 is 19.2 Å². The number of unbranched alkanes of at least 4 members (excludes halogenated alkanes) is 1. The first-order valence-electron chi connectivity index (χ1n) is 14.8. The molecular formula is C34H46ClN5O4. The molecule has 4 amide bonds. The molecule has 3 aromatic rings. The van der Waals surface area contributed by atoms with Crippen LogP contribution < -0.4 is 16.0 Å². The molecule has 3 atom stereocenters. The van der Waals surface area contributed by atoms with Crippen LogP contribution in [0.25, 0.3) is 10.8 Å². The fourth-order valence-corrected chi connectivity index (χ4v) is 5.13. The zero-order valence-corrected chi connectivity index (χ0v) is 27.2. The average molecular weight is 624 g/mol. The number of fused-ring (bicyclic) bond motifs is 1. The fourth-order valence-electron chi connectivity index (χ4n) is 5.13. The average Bonchev–Trinajstić information content (AvgIpc) is 3.00. The summed E-state index contributed by atoms with van der Waals surface area (Å²) in [7, 11) is 6.70. The molecule has 0 fully saturated rings. The molecule has 0 spiro atoms. The summed E-state index contributed by atoms with van der Waals surface area (Å²) < 4.78 is 0. The highest BCUT2D eigenvalue weighted by atomic mass is 35.5. The van der Waals surface area contributed by atoms with E-state index in [4.69, 9.17) is 0 Å². The van der Waals surface area contributed by atoms with Crippen molar-refractivity contribution in [3.05, 3.63) is 83.9 Å². The Kier molecular flexibility index (Phi) is 14.8. The van der Waals surface area contributed by atoms with E-state index in [2.05, 4.69) is 34.1 Å². The van der Waals surface area contributed by atoms with Gasteiger partial charge >= 0.3 is 0 Å². The Bertz CT molecular complexity index is 1380. The van der Waals surface area contributed by atoms with Crippen LogP contribution in [-0.2, 0) is 32.0 Å². The molecule has 0 heterocycles. The van der Waals surface area contributed by atoms with Crippen molar-refractivity contribution in [2.24, 2.45) is 0 Å². The number of hydrogen-bond acceptors (Lipinski definition) is 5. The number of amides is 4. The highest BCUT2D eigenvalue weighted by Crippen LogP contribution is 2.18. The van der Waals surface area contributed by atoms with Gasteiger partial charge in [-0.2, -0.15) is 0 Å². The van der Waals surface area contributed by atoms with Gasteiger partial charge in [-0.05, 0) is 54.6 Å². The maximum Gasteiger partial charge on any atom is 0.244 e. The van der Waals surface area contributed by atoms with Crippen LogP contribution in [0.4, 0.5) is 0 Å². The van der Waals surface area contributed by atoms with Gasteiger partial charge in [-0.1, -0.05) is 72.8 Å². The summed E-state index contributed by atoms with van der Waals surface area (Å²) in [6, 6.07) is 21.7. The lowest BCUT2D eigenvalue weighted by atomic mass is 9.99. The van der Waals surface area contributed by atoms with Crippen LogP contribution in [0.3, 0.4) is 0 Å². The number of likely N-dealkylation sites (N-methyl/N-ethyl adjacent to an activating group) is 3. The Morgan fingerprint density at radius 2 is 1.41 bits per heavy atom. The van der Waals surface area contributed by atoms with Crippen LogP contribution in [0.5, 0.6) is 0 Å². The van der Waals surface area contributed by atoms with Crippen LogP contribution in [0, 0.1) is 0 Å². The van der Waals surface area contributed by atoms with E-state index >= 15 is 0 Å². The monoisotopic (exact) mass is 623 g/mol. The molecule has 0 saturated carbocycles. The third-order valence-electron chi connectivity index (χ3n) is 7.64. The second-order valence-electron chi connectivity index (χ2n) is 11.2. The third kappa shape index (κ3) is 10.6. The molecule has 0 aliphatic heterocycles. The second-order valence-corrected chi connectivity index (χ2v) is 11.2. The largest absolute Gasteiger partial charge is 0.356 e. The minimum atomic E-state index is -0.834. The van der Waals surface area contributed by atoms with E-state index in [9.17, 15) is 19.2 Å². The van der Waals surface area contributed by atoms with Gasteiger partial charge in [-0.25, -0.2) is 0 Å². The summed E-state index contributed by atoms with van der Waals surface area (Å²) in [6.07, 6.45) is 2.49. The van der Waals surface area contributed by atoms with Gasteiger partial charge in [0.25, 0.3) is 0 Å². The molecule has 44 heavy (non-hydrogen) atoms. The van der Waals surface area contributed by atoms with Gasteiger partial charge in [0.05, 0.1) is 6.04 Å². The number of carbonyl (C=O) groups is 4. The lowest BCUT2D eigenvalue weighted by molar-refractivity contribution is -0.142. The molecule has 0 saturated heterocycles. The maximum absolute atomic E-state index is 13.9. The zero-order chi connectivity index (χ0) is 31.4. The van der Waals surface area contributed by atoms with Crippen molar-refractivity contribution in [1.29, 1.82) is 0 Å². The van der Waals surface area contributed by atoms with E-state index < -0.39 is 18.1 Å². The lowest BCUT2D eigenvalue weighted by Crippen LogP contribution is -2.57. The number of benzene rings is 3. The third-order valence-corrected chi connectivity index (χ3v) is 7.64. The van der Waals surface area contributed by atoms with Crippen LogP contribution in [-0.4, -0.2) is 86.3 Å². The van der Waals surface area contributed by atoms with E-state index in [-0.39, 0.29) is 36.0 Å². The first-order chi connectivity index (χ1) is 20.6. The Morgan fingerprint density at radius 1 is 0.750 bits per heavy atom. The minimum absolute atomic E-state index is 0. The maximum atomic E-state index is 13.9. The quantitative estimate of drug-likeness (QED) is 0.225. The molecule has 1 unspecified atom stereocenters. The number of carbonyl (C=O) groups excluding carboxylic acids is 4. The van der Waals surface area contributed by atoms with E-state index in [1.54, 1.807) is 28.2 Å². The molecule has 0 radical (unpaired) electrons. The fraction of sp³-hybridized carbons (Fsp3) is 0.412. The summed E-state index contributed by atoms with van der Waals surface area (Å²) in [6.45, 7) is 1.96. The Morgan fingerprint density at radius 3 is 2.05 bits per heavy atom. The van der Waals surface area contributed by atoms with Crippen LogP contribution in [0.2, 0.25) is 0 Å². The Labute approximate surface area is 267 Å². The molecule has 3 rings (SSSR count). The summed E-state index contributed by atoms with van der Waals surface area (Å²) in [4.78, 5) is 54.9. The van der Waals surface area contributed by atoms with Crippen LogP contribution in [0.1, 0.15) is 37.3 Å². The van der Waals surface area contributed by atoms with Gasteiger partial charge in [0.1, 0.15) is 12.1 Å². The van der Waals surface area contributed by atoms with E-state index in [0.29, 0.717) is 38.6 Å². The van der Waals surface area contributed by atoms with Crippen LogP contribution in [0.15, 0.2) is 72.8 Å². The number of nitrogens with zero attached hydrogens (tertiary/aromatic N) is 2.